The number of nitrogens with one attached hydrogen (secondary N) is 2. The van der Waals surface area contributed by atoms with Crippen LogP contribution in [0.3, 0.4) is 0 Å². The molecule has 4 aromatic rings. The van der Waals surface area contributed by atoms with Crippen LogP contribution in [0.15, 0.2) is 36.7 Å². The molecule has 7 heteroatoms. The minimum Gasteiger partial charge on any atom is -0.354 e. The number of carbonyl (C=O) groups excluding carboxylic acids is 2. The lowest BCUT2D eigenvalue weighted by atomic mass is 9.87. The van der Waals surface area contributed by atoms with Gasteiger partial charge < -0.3 is 14.7 Å². The first-order valence-corrected chi connectivity index (χ1v) is 12.1. The maximum atomic E-state index is 12.4. The summed E-state index contributed by atoms with van der Waals surface area (Å²) in [5.74, 6) is 0.948. The third-order valence-corrected chi connectivity index (χ3v) is 7.07. The quantitative estimate of drug-likeness (QED) is 0.410. The fourth-order valence-corrected chi connectivity index (χ4v) is 5.27. The van der Waals surface area contributed by atoms with E-state index < -0.39 is 0 Å². The van der Waals surface area contributed by atoms with Gasteiger partial charge in [-0.15, -0.1) is 0 Å². The van der Waals surface area contributed by atoms with E-state index in [0.29, 0.717) is 24.7 Å². The molecule has 1 fully saturated rings. The number of piperidine rings is 1. The molecule has 176 valence electrons. The normalized spacial score (nSPS) is 15.0. The maximum absolute atomic E-state index is 12.4. The average Bonchev–Trinajstić information content (AvgIpc) is 3.46. The Hall–Kier alpha value is -3.48. The van der Waals surface area contributed by atoms with E-state index in [4.69, 9.17) is 0 Å². The maximum Gasteiger partial charge on any atom is 0.223 e. The van der Waals surface area contributed by atoms with Gasteiger partial charge in [-0.25, -0.2) is 4.98 Å². The van der Waals surface area contributed by atoms with E-state index in [1.807, 2.05) is 23.4 Å². The zero-order valence-corrected chi connectivity index (χ0v) is 20.0. The number of likely N-dealkylation sites (tertiary alicyclic amines) is 1. The summed E-state index contributed by atoms with van der Waals surface area (Å²) in [5, 5.41) is 9.43. The van der Waals surface area contributed by atoms with Crippen molar-refractivity contribution in [1.29, 1.82) is 0 Å². The summed E-state index contributed by atoms with van der Waals surface area (Å²) in [6.07, 6.45) is 6.23. The molecule has 1 amide bonds. The van der Waals surface area contributed by atoms with Crippen LogP contribution in [0.5, 0.6) is 0 Å². The Balaban J connectivity index is 1.43. The van der Waals surface area contributed by atoms with Gasteiger partial charge in [-0.05, 0) is 60.9 Å². The van der Waals surface area contributed by atoms with Gasteiger partial charge in [0.25, 0.3) is 0 Å². The van der Waals surface area contributed by atoms with Crippen LogP contribution in [0.4, 0.5) is 0 Å². The lowest BCUT2D eigenvalue weighted by Crippen LogP contribution is -2.37. The second-order valence-corrected chi connectivity index (χ2v) is 9.72. The molecule has 0 radical (unpaired) electrons. The van der Waals surface area contributed by atoms with Crippen molar-refractivity contribution in [3.63, 3.8) is 0 Å². The molecule has 3 aromatic heterocycles. The average molecular weight is 458 g/mol. The third kappa shape index (κ3) is 4.11. The van der Waals surface area contributed by atoms with E-state index in [1.165, 1.54) is 16.5 Å². The number of nitrogens with zero attached hydrogens (tertiary/aromatic N) is 3. The topological polar surface area (TPSA) is 94.7 Å². The van der Waals surface area contributed by atoms with Gasteiger partial charge in [-0.3, -0.25) is 9.89 Å². The first-order chi connectivity index (χ1) is 16.4. The van der Waals surface area contributed by atoms with E-state index in [1.54, 1.807) is 6.92 Å². The van der Waals surface area contributed by atoms with Crippen LogP contribution >= 0.6 is 0 Å². The number of fused-ring (bicyclic) bond motifs is 2. The van der Waals surface area contributed by atoms with Crippen molar-refractivity contribution in [3.05, 3.63) is 47.8 Å². The predicted octanol–water partition coefficient (Wildman–Crippen LogP) is 5.30. The highest BCUT2D eigenvalue weighted by molar-refractivity contribution is 5.98. The molecular weight excluding hydrogens is 426 g/mol. The second-order valence-electron chi connectivity index (χ2n) is 9.72. The van der Waals surface area contributed by atoms with Gasteiger partial charge >= 0.3 is 0 Å². The highest BCUT2D eigenvalue weighted by atomic mass is 16.2. The summed E-state index contributed by atoms with van der Waals surface area (Å²) >= 11 is 0. The van der Waals surface area contributed by atoms with Crippen LogP contribution in [-0.2, 0) is 9.59 Å². The number of pyridine rings is 1. The molecule has 0 saturated carbocycles. The molecule has 1 aliphatic heterocycles. The van der Waals surface area contributed by atoms with Crippen LogP contribution in [-0.4, -0.2) is 49.8 Å². The molecule has 34 heavy (non-hydrogen) atoms. The molecule has 0 unspecified atom stereocenters. The van der Waals surface area contributed by atoms with Crippen LogP contribution < -0.4 is 0 Å². The van der Waals surface area contributed by atoms with E-state index >= 15 is 0 Å². The Morgan fingerprint density at radius 1 is 1.12 bits per heavy atom. The fraction of sp³-hybridized carbons (Fsp3) is 0.407. The first kappa shape index (κ1) is 22.3. The summed E-state index contributed by atoms with van der Waals surface area (Å²) < 4.78 is 0. The lowest BCUT2D eigenvalue weighted by Gasteiger charge is -2.32. The van der Waals surface area contributed by atoms with Gasteiger partial charge in [0.1, 0.15) is 5.78 Å². The Bertz CT molecular complexity index is 1360. The molecule has 1 saturated heterocycles. The molecule has 2 N–H and O–H groups in total. The van der Waals surface area contributed by atoms with Gasteiger partial charge in [0.2, 0.25) is 5.91 Å². The summed E-state index contributed by atoms with van der Waals surface area (Å²) in [4.78, 5) is 33.6. The number of rotatable bonds is 6. The van der Waals surface area contributed by atoms with Gasteiger partial charge in [-0.1, -0.05) is 19.9 Å². The minimum absolute atomic E-state index is 0.0728. The van der Waals surface area contributed by atoms with Gasteiger partial charge in [0.05, 0.1) is 11.9 Å². The third-order valence-electron chi connectivity index (χ3n) is 7.07. The van der Waals surface area contributed by atoms with Gasteiger partial charge in [0.15, 0.2) is 5.65 Å². The molecule has 4 heterocycles. The summed E-state index contributed by atoms with van der Waals surface area (Å²) in [7, 11) is 0. The number of ketones is 1. The van der Waals surface area contributed by atoms with Gasteiger partial charge in [0, 0.05) is 54.0 Å². The number of Topliss-reactive ketones (excluding diaryl/α,β-unsaturated/α-hetero) is 1. The molecular formula is C27H31N5O2. The number of benzene rings is 1. The second kappa shape index (κ2) is 9.05. The number of hydrogen-bond donors (Lipinski definition) is 2. The Labute approximate surface area is 198 Å². The van der Waals surface area contributed by atoms with Crippen molar-refractivity contribution in [2.45, 2.75) is 58.3 Å². The van der Waals surface area contributed by atoms with E-state index in [-0.39, 0.29) is 11.7 Å². The molecule has 5 rings (SSSR count). The van der Waals surface area contributed by atoms with Crippen molar-refractivity contribution in [1.82, 2.24) is 25.1 Å². The van der Waals surface area contributed by atoms with E-state index in [9.17, 15) is 9.59 Å². The van der Waals surface area contributed by atoms with Crippen molar-refractivity contribution in [3.8, 4) is 11.3 Å². The van der Waals surface area contributed by atoms with Gasteiger partial charge in [-0.2, -0.15) is 5.10 Å². The van der Waals surface area contributed by atoms with Crippen LogP contribution in [0.25, 0.3) is 33.2 Å². The van der Waals surface area contributed by atoms with Crippen LogP contribution in [0.1, 0.15) is 69.4 Å². The van der Waals surface area contributed by atoms with Crippen molar-refractivity contribution in [2.24, 2.45) is 0 Å². The molecule has 1 aromatic carbocycles. The SMILES string of the molecule is CC(=O)CCC(=O)N1CCC(c2ccc3[nH]c(-c4ccnc5[nH]ncc45)c(C(C)C)c3c2)CC1. The standard InChI is InChI=1S/C27H31N5O2/c1-16(2)25-21-14-19(18-9-12-32(13-10-18)24(34)7-4-17(3)33)5-6-23(21)30-26(25)20-8-11-28-27-22(20)15-29-31-27/h5-6,8,11,14-16,18,30H,4,7,9-10,12-13H2,1-3H3,(H,28,29,31). The fourth-order valence-electron chi connectivity index (χ4n) is 5.27. The lowest BCUT2D eigenvalue weighted by molar-refractivity contribution is -0.133. The molecule has 0 bridgehead atoms. The minimum atomic E-state index is 0.0728. The Kier molecular flexibility index (Phi) is 5.94. The largest absolute Gasteiger partial charge is 0.354 e. The van der Waals surface area contributed by atoms with E-state index in [0.717, 1.165) is 53.7 Å². The van der Waals surface area contributed by atoms with Crippen molar-refractivity contribution < 1.29 is 9.59 Å². The number of amides is 1. The number of H-pyrrole nitrogens is 2. The molecule has 0 spiro atoms. The molecule has 0 atom stereocenters. The zero-order chi connectivity index (χ0) is 23.8. The summed E-state index contributed by atoms with van der Waals surface area (Å²) in [5.41, 5.74) is 6.80. The number of carbonyl (C=O) groups is 2. The smallest absolute Gasteiger partial charge is 0.223 e. The first-order valence-electron chi connectivity index (χ1n) is 12.1. The summed E-state index contributed by atoms with van der Waals surface area (Å²) in [6.45, 7) is 7.52. The Morgan fingerprint density at radius 2 is 1.91 bits per heavy atom. The van der Waals surface area contributed by atoms with Crippen LogP contribution in [0.2, 0.25) is 0 Å². The molecule has 1 aliphatic rings. The number of hydrogen-bond acceptors (Lipinski definition) is 4. The number of aromatic amines is 2. The highest BCUT2D eigenvalue weighted by Gasteiger charge is 2.25. The highest BCUT2D eigenvalue weighted by Crippen LogP contribution is 2.39. The molecule has 7 nitrogen and oxygen atoms in total. The van der Waals surface area contributed by atoms with Crippen molar-refractivity contribution >= 4 is 33.6 Å². The zero-order valence-electron chi connectivity index (χ0n) is 20.0. The predicted molar refractivity (Wildman–Crippen MR) is 134 cm³/mol. The monoisotopic (exact) mass is 457 g/mol. The van der Waals surface area contributed by atoms with Crippen molar-refractivity contribution in [2.75, 3.05) is 13.1 Å². The molecule has 0 aliphatic carbocycles. The van der Waals surface area contributed by atoms with Crippen LogP contribution in [0, 0.1) is 0 Å². The summed E-state index contributed by atoms with van der Waals surface area (Å²) in [6, 6.07) is 8.81. The van der Waals surface area contributed by atoms with E-state index in [2.05, 4.69) is 52.2 Å². The number of aromatic nitrogens is 4. The Morgan fingerprint density at radius 3 is 2.65 bits per heavy atom.